The van der Waals surface area contributed by atoms with Gasteiger partial charge in [0, 0.05) is 0 Å². The molecule has 28 heavy (non-hydrogen) atoms. The van der Waals surface area contributed by atoms with Crippen LogP contribution in [-0.2, 0) is 14.8 Å². The van der Waals surface area contributed by atoms with Crippen LogP contribution in [0.4, 0.5) is 5.69 Å². The molecule has 0 saturated heterocycles. The number of hydrogen-bond acceptors (Lipinski definition) is 4. The minimum absolute atomic E-state index is 0.204. The molecular weight excluding hydrogens is 423 g/mol. The van der Waals surface area contributed by atoms with Crippen LogP contribution in [0.15, 0.2) is 36.4 Å². The summed E-state index contributed by atoms with van der Waals surface area (Å²) in [5.74, 6) is 0.295. The van der Waals surface area contributed by atoms with Crippen LogP contribution in [0.3, 0.4) is 0 Å². The summed E-state index contributed by atoms with van der Waals surface area (Å²) in [5, 5.41) is 3.16. The van der Waals surface area contributed by atoms with Crippen molar-refractivity contribution in [2.75, 3.05) is 30.3 Å². The van der Waals surface area contributed by atoms with Crippen molar-refractivity contribution in [3.8, 4) is 5.75 Å². The highest BCUT2D eigenvalue weighted by molar-refractivity contribution is 7.92. The lowest BCUT2D eigenvalue weighted by molar-refractivity contribution is -0.119. The van der Waals surface area contributed by atoms with Crippen molar-refractivity contribution in [3.05, 3.63) is 57.6 Å². The topological polar surface area (TPSA) is 75.7 Å². The van der Waals surface area contributed by atoms with Gasteiger partial charge in [-0.05, 0) is 49.2 Å². The Labute approximate surface area is 175 Å². The number of benzene rings is 2. The Bertz CT molecular complexity index is 964. The predicted molar refractivity (Wildman–Crippen MR) is 113 cm³/mol. The van der Waals surface area contributed by atoms with E-state index in [1.54, 1.807) is 0 Å². The zero-order chi connectivity index (χ0) is 20.9. The minimum atomic E-state index is -3.69. The zero-order valence-electron chi connectivity index (χ0n) is 15.8. The maximum Gasteiger partial charge on any atom is 0.240 e. The average Bonchev–Trinajstić information content (AvgIpc) is 2.61. The van der Waals surface area contributed by atoms with Crippen LogP contribution in [0.2, 0.25) is 10.0 Å². The lowest BCUT2D eigenvalue weighted by Crippen LogP contribution is -2.41. The Kier molecular flexibility index (Phi) is 7.57. The fourth-order valence-corrected chi connectivity index (χ4v) is 3.58. The molecule has 2 aromatic carbocycles. The number of nitrogens with zero attached hydrogens (tertiary/aromatic N) is 1. The number of amides is 1. The molecule has 0 fully saturated rings. The maximum absolute atomic E-state index is 12.2. The number of carbonyl (C=O) groups is 1. The van der Waals surface area contributed by atoms with Gasteiger partial charge in [-0.2, -0.15) is 0 Å². The number of hydrogen-bond donors (Lipinski definition) is 1. The summed E-state index contributed by atoms with van der Waals surface area (Å²) < 4.78 is 30.8. The Balaban J connectivity index is 1.95. The third-order valence-corrected chi connectivity index (χ3v) is 5.78. The summed E-state index contributed by atoms with van der Waals surface area (Å²) in [4.78, 5) is 12.2. The van der Waals surface area contributed by atoms with E-state index in [0.717, 1.165) is 27.4 Å². The van der Waals surface area contributed by atoms with Gasteiger partial charge in [0.1, 0.15) is 18.9 Å². The molecule has 0 atom stereocenters. The molecular formula is C19H22Cl2N2O4S. The number of halogens is 2. The van der Waals surface area contributed by atoms with Gasteiger partial charge in [-0.3, -0.25) is 9.10 Å². The summed E-state index contributed by atoms with van der Waals surface area (Å²) in [7, 11) is -3.69. The second-order valence-electron chi connectivity index (χ2n) is 6.34. The largest absolute Gasteiger partial charge is 0.491 e. The summed E-state index contributed by atoms with van der Waals surface area (Å²) in [6, 6.07) is 10.3. The monoisotopic (exact) mass is 444 g/mol. The molecule has 0 aliphatic rings. The lowest BCUT2D eigenvalue weighted by atomic mass is 10.1. The second kappa shape index (κ2) is 9.49. The lowest BCUT2D eigenvalue weighted by Gasteiger charge is -2.22. The van der Waals surface area contributed by atoms with Crippen molar-refractivity contribution in [2.45, 2.75) is 13.8 Å². The van der Waals surface area contributed by atoms with E-state index in [2.05, 4.69) is 5.32 Å². The van der Waals surface area contributed by atoms with Crippen molar-refractivity contribution in [3.63, 3.8) is 0 Å². The van der Waals surface area contributed by atoms with Crippen LogP contribution in [0.25, 0.3) is 0 Å². The van der Waals surface area contributed by atoms with Crippen molar-refractivity contribution in [1.29, 1.82) is 0 Å². The molecule has 6 nitrogen and oxygen atoms in total. The number of nitrogens with one attached hydrogen (secondary N) is 1. The summed E-state index contributed by atoms with van der Waals surface area (Å²) >= 11 is 11.8. The molecule has 1 amide bonds. The van der Waals surface area contributed by atoms with Crippen molar-refractivity contribution in [1.82, 2.24) is 5.32 Å². The maximum atomic E-state index is 12.2. The highest BCUT2D eigenvalue weighted by atomic mass is 35.5. The number of rotatable bonds is 8. The van der Waals surface area contributed by atoms with E-state index in [1.165, 1.54) is 18.2 Å². The van der Waals surface area contributed by atoms with Crippen LogP contribution in [0, 0.1) is 13.8 Å². The Morgan fingerprint density at radius 1 is 1.11 bits per heavy atom. The van der Waals surface area contributed by atoms with Gasteiger partial charge in [0.25, 0.3) is 0 Å². The molecule has 2 aromatic rings. The molecule has 152 valence electrons. The molecule has 0 aliphatic heterocycles. The Morgan fingerprint density at radius 2 is 1.82 bits per heavy atom. The van der Waals surface area contributed by atoms with Gasteiger partial charge >= 0.3 is 0 Å². The van der Waals surface area contributed by atoms with Crippen LogP contribution >= 0.6 is 23.2 Å². The van der Waals surface area contributed by atoms with Gasteiger partial charge in [0.05, 0.1) is 28.5 Å². The van der Waals surface area contributed by atoms with E-state index >= 15 is 0 Å². The van der Waals surface area contributed by atoms with E-state index < -0.39 is 15.9 Å². The van der Waals surface area contributed by atoms with Crippen molar-refractivity contribution < 1.29 is 17.9 Å². The molecule has 0 aliphatic carbocycles. The summed E-state index contributed by atoms with van der Waals surface area (Å²) in [6.07, 6.45) is 1.02. The Morgan fingerprint density at radius 3 is 2.46 bits per heavy atom. The fraction of sp³-hybridized carbons (Fsp3) is 0.316. The first-order valence-corrected chi connectivity index (χ1v) is 11.1. The smallest absolute Gasteiger partial charge is 0.240 e. The van der Waals surface area contributed by atoms with E-state index in [1.807, 2.05) is 32.0 Å². The first-order valence-electron chi connectivity index (χ1n) is 8.47. The highest BCUT2D eigenvalue weighted by Gasteiger charge is 2.21. The van der Waals surface area contributed by atoms with Gasteiger partial charge in [-0.1, -0.05) is 35.3 Å². The summed E-state index contributed by atoms with van der Waals surface area (Å²) in [5.41, 5.74) is 2.34. The standard InChI is InChI=1S/C19H22Cl2N2O4S/c1-13-4-5-14(2)18(10-13)27-9-8-22-19(24)12-23(28(3,25)26)15-6-7-16(20)17(21)11-15/h4-7,10-11H,8-9,12H2,1-3H3,(H,22,24). The number of carbonyl (C=O) groups excluding carboxylic acids is 1. The van der Waals surface area contributed by atoms with Gasteiger partial charge in [0.15, 0.2) is 0 Å². The van der Waals surface area contributed by atoms with E-state index in [9.17, 15) is 13.2 Å². The third-order valence-electron chi connectivity index (χ3n) is 3.90. The molecule has 0 bridgehead atoms. The van der Waals surface area contributed by atoms with Gasteiger partial charge in [0.2, 0.25) is 15.9 Å². The summed E-state index contributed by atoms with van der Waals surface area (Å²) in [6.45, 7) is 4.04. The van der Waals surface area contributed by atoms with E-state index in [-0.39, 0.29) is 30.4 Å². The molecule has 0 aromatic heterocycles. The highest BCUT2D eigenvalue weighted by Crippen LogP contribution is 2.28. The SMILES string of the molecule is Cc1ccc(C)c(OCCNC(=O)CN(c2ccc(Cl)c(Cl)c2)S(C)(=O)=O)c1. The first kappa shape index (κ1) is 22.3. The molecule has 0 saturated carbocycles. The number of anilines is 1. The van der Waals surface area contributed by atoms with Gasteiger partial charge < -0.3 is 10.1 Å². The molecule has 9 heteroatoms. The molecule has 0 spiro atoms. The van der Waals surface area contributed by atoms with Gasteiger partial charge in [-0.25, -0.2) is 8.42 Å². The molecule has 0 unspecified atom stereocenters. The van der Waals surface area contributed by atoms with Gasteiger partial charge in [-0.15, -0.1) is 0 Å². The first-order chi connectivity index (χ1) is 13.1. The van der Waals surface area contributed by atoms with Crippen LogP contribution in [-0.4, -0.2) is 40.3 Å². The van der Waals surface area contributed by atoms with Crippen LogP contribution in [0.5, 0.6) is 5.75 Å². The quantitative estimate of drug-likeness (QED) is 0.631. The van der Waals surface area contributed by atoms with Crippen LogP contribution < -0.4 is 14.4 Å². The normalized spacial score (nSPS) is 11.2. The number of sulfonamides is 1. The average molecular weight is 445 g/mol. The minimum Gasteiger partial charge on any atom is -0.491 e. The molecule has 0 radical (unpaired) electrons. The van der Waals surface area contributed by atoms with Crippen molar-refractivity contribution >= 4 is 44.8 Å². The van der Waals surface area contributed by atoms with Crippen molar-refractivity contribution in [2.24, 2.45) is 0 Å². The Hall–Kier alpha value is -1.96. The number of aryl methyl sites for hydroxylation is 2. The van der Waals surface area contributed by atoms with E-state index in [4.69, 9.17) is 27.9 Å². The van der Waals surface area contributed by atoms with E-state index in [0.29, 0.717) is 5.02 Å². The molecule has 2 rings (SSSR count). The predicted octanol–water partition coefficient (Wildman–Crippen LogP) is 3.57. The second-order valence-corrected chi connectivity index (χ2v) is 9.06. The number of ether oxygens (including phenoxy) is 1. The fourth-order valence-electron chi connectivity index (χ4n) is 2.44. The molecule has 1 N–H and O–H groups in total. The molecule has 0 heterocycles. The zero-order valence-corrected chi connectivity index (χ0v) is 18.2. The van der Waals surface area contributed by atoms with Crippen LogP contribution in [0.1, 0.15) is 11.1 Å². The third kappa shape index (κ3) is 6.29.